The normalized spacial score (nSPS) is 14.8. The SMILES string of the molecule is CCCCCCCCC/C=C/CC/C=C/[C@@H](O)[C@H](COP(=O)([O-])OCC[N+](C)(C)C)NC(=O)CCCCCCCCCCCCCCCCC. The summed E-state index contributed by atoms with van der Waals surface area (Å²) < 4.78 is 23.1. The molecule has 0 saturated heterocycles. The molecule has 0 aromatic heterocycles. The molecule has 0 aliphatic rings. The highest BCUT2D eigenvalue weighted by Crippen LogP contribution is 2.38. The number of nitrogens with one attached hydrogen (secondary N) is 1. The summed E-state index contributed by atoms with van der Waals surface area (Å²) in [5.74, 6) is -0.208. The Bertz CT molecular complexity index is 876. The Morgan fingerprint density at radius 2 is 1.12 bits per heavy atom. The minimum absolute atomic E-state index is 0.00453. The Labute approximate surface area is 309 Å². The number of allylic oxidation sites excluding steroid dienone is 3. The fourth-order valence-electron chi connectivity index (χ4n) is 5.81. The van der Waals surface area contributed by atoms with Crippen LogP contribution in [0, 0.1) is 0 Å². The van der Waals surface area contributed by atoms with E-state index in [0.29, 0.717) is 17.4 Å². The van der Waals surface area contributed by atoms with E-state index in [9.17, 15) is 19.4 Å². The van der Waals surface area contributed by atoms with Gasteiger partial charge in [0.1, 0.15) is 13.2 Å². The zero-order valence-corrected chi connectivity index (χ0v) is 34.2. The van der Waals surface area contributed by atoms with E-state index in [2.05, 4.69) is 31.3 Å². The van der Waals surface area contributed by atoms with Crippen LogP contribution in [0.25, 0.3) is 0 Å². The number of rotatable bonds is 37. The molecule has 0 spiro atoms. The van der Waals surface area contributed by atoms with Crippen molar-refractivity contribution in [3.05, 3.63) is 24.3 Å². The van der Waals surface area contributed by atoms with E-state index in [4.69, 9.17) is 9.05 Å². The highest BCUT2D eigenvalue weighted by atomic mass is 31.2. The van der Waals surface area contributed by atoms with Crippen molar-refractivity contribution in [1.29, 1.82) is 0 Å². The van der Waals surface area contributed by atoms with Gasteiger partial charge in [0.15, 0.2) is 0 Å². The van der Waals surface area contributed by atoms with Crippen LogP contribution in [0.5, 0.6) is 0 Å². The number of nitrogens with zero attached hydrogens (tertiary/aromatic N) is 1. The molecule has 0 aliphatic carbocycles. The molecular formula is C41H81N2O6P. The molecule has 8 nitrogen and oxygen atoms in total. The number of likely N-dealkylation sites (N-methyl/N-ethyl adjacent to an activating group) is 1. The first-order valence-electron chi connectivity index (χ1n) is 20.7. The molecular weight excluding hydrogens is 647 g/mol. The van der Waals surface area contributed by atoms with Gasteiger partial charge in [-0.2, -0.15) is 0 Å². The van der Waals surface area contributed by atoms with Crippen LogP contribution in [0.1, 0.15) is 181 Å². The maximum atomic E-state index is 12.8. The highest BCUT2D eigenvalue weighted by Gasteiger charge is 2.23. The van der Waals surface area contributed by atoms with Crippen LogP contribution >= 0.6 is 7.82 Å². The van der Waals surface area contributed by atoms with E-state index >= 15 is 0 Å². The standard InChI is InChI=1S/C41H81N2O6P/c1-6-8-10-12-14-16-18-20-21-23-25-27-29-31-33-35-41(45)42-39(38-49-50(46,47)48-37-36-43(3,4)5)40(44)34-32-30-28-26-24-22-19-17-15-13-11-9-7-2/h24,26,32,34,39-40,44H,6-23,25,27-31,33,35-38H2,1-5H3,(H-,42,45,46,47)/b26-24+,34-32+/t39-,40+/m0/s1. The van der Waals surface area contributed by atoms with Crippen molar-refractivity contribution >= 4 is 13.7 Å². The number of amides is 1. The molecule has 0 fully saturated rings. The van der Waals surface area contributed by atoms with Gasteiger partial charge >= 0.3 is 0 Å². The number of quaternary nitrogens is 1. The number of phosphoric ester groups is 1. The van der Waals surface area contributed by atoms with Crippen molar-refractivity contribution in [2.24, 2.45) is 0 Å². The first kappa shape index (κ1) is 49.0. The summed E-state index contributed by atoms with van der Waals surface area (Å²) in [5, 5.41) is 13.7. The Hall–Kier alpha value is -1.02. The van der Waals surface area contributed by atoms with E-state index < -0.39 is 20.0 Å². The molecule has 1 amide bonds. The number of hydrogen-bond acceptors (Lipinski definition) is 6. The third kappa shape index (κ3) is 35.4. The number of phosphoric acid groups is 1. The lowest BCUT2D eigenvalue weighted by molar-refractivity contribution is -0.870. The first-order chi connectivity index (χ1) is 24.0. The Morgan fingerprint density at radius 1 is 0.680 bits per heavy atom. The van der Waals surface area contributed by atoms with E-state index in [1.165, 1.54) is 122 Å². The lowest BCUT2D eigenvalue weighted by atomic mass is 10.0. The second kappa shape index (κ2) is 33.8. The average Bonchev–Trinajstić information content (AvgIpc) is 3.06. The number of unbranched alkanes of at least 4 members (excludes halogenated alkanes) is 22. The smallest absolute Gasteiger partial charge is 0.268 e. The maximum absolute atomic E-state index is 12.8. The molecule has 2 N–H and O–H groups in total. The molecule has 0 rings (SSSR count). The largest absolute Gasteiger partial charge is 0.756 e. The third-order valence-corrected chi connectivity index (χ3v) is 10.1. The molecule has 0 bridgehead atoms. The molecule has 3 atom stereocenters. The number of aliphatic hydroxyl groups is 1. The van der Waals surface area contributed by atoms with Gasteiger partial charge in [-0.05, 0) is 32.1 Å². The zero-order chi connectivity index (χ0) is 37.2. The summed E-state index contributed by atoms with van der Waals surface area (Å²) >= 11 is 0. The fourth-order valence-corrected chi connectivity index (χ4v) is 6.54. The second-order valence-corrected chi connectivity index (χ2v) is 16.8. The maximum Gasteiger partial charge on any atom is 0.268 e. The van der Waals surface area contributed by atoms with Gasteiger partial charge in [-0.3, -0.25) is 9.36 Å². The van der Waals surface area contributed by atoms with Crippen molar-refractivity contribution < 1.29 is 32.9 Å². The lowest BCUT2D eigenvalue weighted by Crippen LogP contribution is -2.45. The van der Waals surface area contributed by atoms with Gasteiger partial charge in [0.05, 0.1) is 39.9 Å². The van der Waals surface area contributed by atoms with Crippen LogP contribution in [0.2, 0.25) is 0 Å². The molecule has 1 unspecified atom stereocenters. The van der Waals surface area contributed by atoms with Crippen LogP contribution in [-0.4, -0.2) is 68.5 Å². The number of carbonyl (C=O) groups is 1. The fraction of sp³-hybridized carbons (Fsp3) is 0.878. The van der Waals surface area contributed by atoms with Crippen molar-refractivity contribution in [3.8, 4) is 0 Å². The Morgan fingerprint density at radius 3 is 1.62 bits per heavy atom. The molecule has 9 heteroatoms. The quantitative estimate of drug-likeness (QED) is 0.0285. The lowest BCUT2D eigenvalue weighted by Gasteiger charge is -2.29. The number of aliphatic hydroxyl groups excluding tert-OH is 1. The summed E-state index contributed by atoms with van der Waals surface area (Å²) in [6, 6.07) is -0.896. The summed E-state index contributed by atoms with van der Waals surface area (Å²) in [7, 11) is 1.25. The predicted molar refractivity (Wildman–Crippen MR) is 210 cm³/mol. The van der Waals surface area contributed by atoms with E-state index in [-0.39, 0.29) is 19.1 Å². The van der Waals surface area contributed by atoms with Crippen molar-refractivity contribution in [1.82, 2.24) is 5.32 Å². The van der Waals surface area contributed by atoms with Gasteiger partial charge < -0.3 is 28.8 Å². The Balaban J connectivity index is 4.50. The Kier molecular flexibility index (Phi) is 33.1. The van der Waals surface area contributed by atoms with Gasteiger partial charge in [0, 0.05) is 6.42 Å². The summed E-state index contributed by atoms with van der Waals surface area (Å²) in [6.45, 7) is 4.61. The molecule has 0 saturated carbocycles. The minimum Gasteiger partial charge on any atom is -0.756 e. The summed E-state index contributed by atoms with van der Waals surface area (Å²) in [6.07, 6.45) is 37.9. The van der Waals surface area contributed by atoms with Gasteiger partial charge in [0.25, 0.3) is 7.82 Å². The monoisotopic (exact) mass is 729 g/mol. The van der Waals surface area contributed by atoms with Crippen molar-refractivity contribution in [2.45, 2.75) is 193 Å². The molecule has 0 heterocycles. The molecule has 0 radical (unpaired) electrons. The van der Waals surface area contributed by atoms with E-state index in [1.54, 1.807) is 6.08 Å². The second-order valence-electron chi connectivity index (χ2n) is 15.3. The first-order valence-corrected chi connectivity index (χ1v) is 22.2. The third-order valence-electron chi connectivity index (χ3n) is 9.16. The molecule has 50 heavy (non-hydrogen) atoms. The van der Waals surface area contributed by atoms with Crippen LogP contribution < -0.4 is 10.2 Å². The molecule has 0 aliphatic heterocycles. The van der Waals surface area contributed by atoms with Crippen molar-refractivity contribution in [3.63, 3.8) is 0 Å². The van der Waals surface area contributed by atoms with Crippen LogP contribution in [0.4, 0.5) is 0 Å². The summed E-state index contributed by atoms with van der Waals surface area (Å²) in [5.41, 5.74) is 0. The van der Waals surface area contributed by atoms with Gasteiger partial charge in [-0.25, -0.2) is 0 Å². The molecule has 296 valence electrons. The van der Waals surface area contributed by atoms with Gasteiger partial charge in [-0.15, -0.1) is 0 Å². The zero-order valence-electron chi connectivity index (χ0n) is 33.4. The summed E-state index contributed by atoms with van der Waals surface area (Å²) in [4.78, 5) is 25.2. The van der Waals surface area contributed by atoms with Crippen LogP contribution in [-0.2, 0) is 18.4 Å². The van der Waals surface area contributed by atoms with E-state index in [0.717, 1.165) is 38.5 Å². The molecule has 0 aromatic rings. The number of hydrogen-bond donors (Lipinski definition) is 2. The van der Waals surface area contributed by atoms with E-state index in [1.807, 2.05) is 27.2 Å². The van der Waals surface area contributed by atoms with Crippen LogP contribution in [0.3, 0.4) is 0 Å². The predicted octanol–water partition coefficient (Wildman–Crippen LogP) is 10.3. The van der Waals surface area contributed by atoms with Crippen LogP contribution in [0.15, 0.2) is 24.3 Å². The topological polar surface area (TPSA) is 108 Å². The average molecular weight is 729 g/mol. The van der Waals surface area contributed by atoms with Crippen molar-refractivity contribution in [2.75, 3.05) is 40.9 Å². The van der Waals surface area contributed by atoms with Gasteiger partial charge in [-0.1, -0.05) is 167 Å². The minimum atomic E-state index is -4.58. The molecule has 0 aromatic carbocycles. The number of carbonyl (C=O) groups excluding carboxylic acids is 1. The highest BCUT2D eigenvalue weighted by molar-refractivity contribution is 7.45. The van der Waals surface area contributed by atoms with Gasteiger partial charge in [0.2, 0.25) is 5.91 Å².